The Bertz CT molecular complexity index is 615. The Morgan fingerprint density at radius 1 is 1.05 bits per heavy atom. The summed E-state index contributed by atoms with van der Waals surface area (Å²) >= 11 is 0. The monoisotopic (exact) mass is 298 g/mol. The number of rotatable bonds is 2. The predicted molar refractivity (Wildman–Crippen MR) is 86.0 cm³/mol. The molecule has 1 aromatic rings. The highest BCUT2D eigenvalue weighted by Crippen LogP contribution is 2.38. The second-order valence-electron chi connectivity index (χ2n) is 6.76. The third-order valence-corrected chi connectivity index (χ3v) is 5.27. The molecule has 0 atom stereocenters. The molecule has 3 aliphatic rings. The van der Waals surface area contributed by atoms with Gasteiger partial charge in [0, 0.05) is 24.6 Å². The molecule has 0 aromatic heterocycles. The normalized spacial score (nSPS) is 20.9. The second kappa shape index (κ2) is 5.41. The van der Waals surface area contributed by atoms with E-state index in [4.69, 9.17) is 0 Å². The molecule has 1 aromatic carbocycles. The van der Waals surface area contributed by atoms with E-state index in [9.17, 15) is 9.59 Å². The maximum atomic E-state index is 12.3. The van der Waals surface area contributed by atoms with E-state index in [0.29, 0.717) is 6.42 Å². The quantitative estimate of drug-likeness (QED) is 0.912. The van der Waals surface area contributed by atoms with Crippen LogP contribution >= 0.6 is 0 Å². The van der Waals surface area contributed by atoms with Gasteiger partial charge in [0.25, 0.3) is 0 Å². The van der Waals surface area contributed by atoms with Crippen molar-refractivity contribution in [3.05, 3.63) is 23.3 Å². The fourth-order valence-corrected chi connectivity index (χ4v) is 4.16. The van der Waals surface area contributed by atoms with Gasteiger partial charge in [0.2, 0.25) is 11.8 Å². The number of hydrogen-bond acceptors (Lipinski definition) is 2. The molecular formula is C18H22N2O2. The SMILES string of the molecule is O=C(Nc1cc2c3c(c1)CCC(=O)N3CCC2)C1CCCC1. The van der Waals surface area contributed by atoms with Crippen molar-refractivity contribution in [2.45, 2.75) is 51.4 Å². The minimum absolute atomic E-state index is 0.171. The highest BCUT2D eigenvalue weighted by atomic mass is 16.2. The Labute approximate surface area is 130 Å². The van der Waals surface area contributed by atoms with Gasteiger partial charge in [0.1, 0.15) is 0 Å². The van der Waals surface area contributed by atoms with Crippen molar-refractivity contribution in [1.29, 1.82) is 0 Å². The molecule has 0 spiro atoms. The maximum Gasteiger partial charge on any atom is 0.227 e. The lowest BCUT2D eigenvalue weighted by Gasteiger charge is -2.35. The van der Waals surface area contributed by atoms with Crippen molar-refractivity contribution in [3.63, 3.8) is 0 Å². The summed E-state index contributed by atoms with van der Waals surface area (Å²) in [5.74, 6) is 0.603. The maximum absolute atomic E-state index is 12.3. The van der Waals surface area contributed by atoms with Gasteiger partial charge in [-0.05, 0) is 55.4 Å². The van der Waals surface area contributed by atoms with Gasteiger partial charge in [-0.1, -0.05) is 12.8 Å². The van der Waals surface area contributed by atoms with Crippen molar-refractivity contribution >= 4 is 23.2 Å². The molecule has 4 heteroatoms. The first-order chi connectivity index (χ1) is 10.7. The van der Waals surface area contributed by atoms with Crippen LogP contribution in [-0.4, -0.2) is 18.4 Å². The third-order valence-electron chi connectivity index (χ3n) is 5.27. The first-order valence-corrected chi connectivity index (χ1v) is 8.49. The molecule has 4 rings (SSSR count). The Morgan fingerprint density at radius 3 is 2.55 bits per heavy atom. The summed E-state index contributed by atoms with van der Waals surface area (Å²) in [5, 5.41) is 3.12. The molecule has 0 saturated heterocycles. The van der Waals surface area contributed by atoms with Gasteiger partial charge in [0.15, 0.2) is 0 Å². The lowest BCUT2D eigenvalue weighted by Crippen LogP contribution is -2.39. The van der Waals surface area contributed by atoms with Crippen LogP contribution in [-0.2, 0) is 22.4 Å². The molecule has 0 radical (unpaired) electrons. The minimum atomic E-state index is 0.171. The van der Waals surface area contributed by atoms with Gasteiger partial charge in [-0.2, -0.15) is 0 Å². The second-order valence-corrected chi connectivity index (χ2v) is 6.76. The van der Waals surface area contributed by atoms with Crippen LogP contribution < -0.4 is 10.2 Å². The lowest BCUT2D eigenvalue weighted by atomic mass is 9.91. The molecule has 116 valence electrons. The first kappa shape index (κ1) is 13.8. The summed E-state index contributed by atoms with van der Waals surface area (Å²) in [6, 6.07) is 4.16. The minimum Gasteiger partial charge on any atom is -0.326 e. The van der Waals surface area contributed by atoms with E-state index in [0.717, 1.165) is 50.0 Å². The lowest BCUT2D eigenvalue weighted by molar-refractivity contribution is -0.120. The molecule has 2 amide bonds. The largest absolute Gasteiger partial charge is 0.326 e. The fourth-order valence-electron chi connectivity index (χ4n) is 4.16. The van der Waals surface area contributed by atoms with Gasteiger partial charge < -0.3 is 10.2 Å². The van der Waals surface area contributed by atoms with Gasteiger partial charge in [-0.3, -0.25) is 9.59 Å². The van der Waals surface area contributed by atoms with E-state index in [1.807, 2.05) is 4.90 Å². The first-order valence-electron chi connectivity index (χ1n) is 8.49. The Kier molecular flexibility index (Phi) is 3.40. The van der Waals surface area contributed by atoms with Crippen LogP contribution in [0.2, 0.25) is 0 Å². The van der Waals surface area contributed by atoms with E-state index in [2.05, 4.69) is 17.4 Å². The Hall–Kier alpha value is -1.84. The summed E-state index contributed by atoms with van der Waals surface area (Å²) in [4.78, 5) is 26.3. The highest BCUT2D eigenvalue weighted by molar-refractivity contribution is 5.99. The molecular weight excluding hydrogens is 276 g/mol. The zero-order chi connectivity index (χ0) is 15.1. The average molecular weight is 298 g/mol. The van der Waals surface area contributed by atoms with Gasteiger partial charge in [0.05, 0.1) is 5.69 Å². The molecule has 0 bridgehead atoms. The number of anilines is 2. The molecule has 4 nitrogen and oxygen atoms in total. The van der Waals surface area contributed by atoms with Crippen LogP contribution in [0.4, 0.5) is 11.4 Å². The van der Waals surface area contributed by atoms with Crippen LogP contribution in [0.5, 0.6) is 0 Å². The van der Waals surface area contributed by atoms with Crippen molar-refractivity contribution in [2.24, 2.45) is 5.92 Å². The van der Waals surface area contributed by atoms with Crippen LogP contribution in [0.25, 0.3) is 0 Å². The summed E-state index contributed by atoms with van der Waals surface area (Å²) in [7, 11) is 0. The summed E-state index contributed by atoms with van der Waals surface area (Å²) in [6.45, 7) is 0.840. The fraction of sp³-hybridized carbons (Fsp3) is 0.556. The van der Waals surface area contributed by atoms with E-state index in [1.165, 1.54) is 24.0 Å². The average Bonchev–Trinajstić information content (AvgIpc) is 3.05. The van der Waals surface area contributed by atoms with Crippen molar-refractivity contribution < 1.29 is 9.59 Å². The molecule has 22 heavy (non-hydrogen) atoms. The Morgan fingerprint density at radius 2 is 1.77 bits per heavy atom. The number of carbonyl (C=O) groups is 2. The van der Waals surface area contributed by atoms with Crippen LogP contribution in [0.3, 0.4) is 0 Å². The molecule has 0 unspecified atom stereocenters. The van der Waals surface area contributed by atoms with Crippen LogP contribution in [0, 0.1) is 5.92 Å². The number of aryl methyl sites for hydroxylation is 2. The predicted octanol–water partition coefficient (Wildman–Crippen LogP) is 3.04. The number of nitrogens with one attached hydrogen (secondary N) is 1. The zero-order valence-electron chi connectivity index (χ0n) is 12.9. The van der Waals surface area contributed by atoms with Crippen LogP contribution in [0.1, 0.15) is 49.7 Å². The van der Waals surface area contributed by atoms with Gasteiger partial charge in [-0.15, -0.1) is 0 Å². The smallest absolute Gasteiger partial charge is 0.227 e. The third kappa shape index (κ3) is 2.31. The topological polar surface area (TPSA) is 49.4 Å². The number of amides is 2. The number of hydrogen-bond donors (Lipinski definition) is 1. The highest BCUT2D eigenvalue weighted by Gasteiger charge is 2.30. The summed E-state index contributed by atoms with van der Waals surface area (Å²) < 4.78 is 0. The Balaban J connectivity index is 1.62. The molecule has 1 saturated carbocycles. The standard InChI is InChI=1S/C18H22N2O2/c21-16-8-7-14-11-15(19-18(22)12-4-1-2-5-12)10-13-6-3-9-20(16)17(13)14/h10-12H,1-9H2,(H,19,22). The molecule has 1 N–H and O–H groups in total. The molecule has 2 heterocycles. The zero-order valence-corrected chi connectivity index (χ0v) is 12.9. The molecule has 2 aliphatic heterocycles. The van der Waals surface area contributed by atoms with Crippen molar-refractivity contribution in [2.75, 3.05) is 16.8 Å². The van der Waals surface area contributed by atoms with E-state index >= 15 is 0 Å². The molecule has 1 fully saturated rings. The molecule has 1 aliphatic carbocycles. The number of nitrogens with zero attached hydrogens (tertiary/aromatic N) is 1. The van der Waals surface area contributed by atoms with E-state index in [-0.39, 0.29) is 17.7 Å². The van der Waals surface area contributed by atoms with Crippen LogP contribution in [0.15, 0.2) is 12.1 Å². The number of carbonyl (C=O) groups excluding carboxylic acids is 2. The van der Waals surface area contributed by atoms with E-state index < -0.39 is 0 Å². The number of benzene rings is 1. The van der Waals surface area contributed by atoms with Crippen molar-refractivity contribution in [1.82, 2.24) is 0 Å². The van der Waals surface area contributed by atoms with E-state index in [1.54, 1.807) is 0 Å². The van der Waals surface area contributed by atoms with Crippen molar-refractivity contribution in [3.8, 4) is 0 Å². The summed E-state index contributed by atoms with van der Waals surface area (Å²) in [5.41, 5.74) is 4.49. The van der Waals surface area contributed by atoms with Gasteiger partial charge in [-0.25, -0.2) is 0 Å². The summed E-state index contributed by atoms with van der Waals surface area (Å²) in [6.07, 6.45) is 7.78. The van der Waals surface area contributed by atoms with Gasteiger partial charge >= 0.3 is 0 Å².